The molecule has 2 aromatic rings. The molecule has 0 aliphatic carbocycles. The second kappa shape index (κ2) is 5.95. The summed E-state index contributed by atoms with van der Waals surface area (Å²) in [6.07, 6.45) is 1.78. The van der Waals surface area contributed by atoms with Crippen molar-refractivity contribution in [1.29, 1.82) is 0 Å². The van der Waals surface area contributed by atoms with Crippen molar-refractivity contribution in [2.45, 2.75) is 17.3 Å². The maximum absolute atomic E-state index is 5.81. The number of nitrogens with two attached hydrogens (primary N) is 1. The van der Waals surface area contributed by atoms with Gasteiger partial charge in [-0.25, -0.2) is 9.97 Å². The lowest BCUT2D eigenvalue weighted by molar-refractivity contribution is 0.903. The monoisotopic (exact) mass is 329 g/mol. The van der Waals surface area contributed by atoms with Gasteiger partial charge in [-0.2, -0.15) is 0 Å². The van der Waals surface area contributed by atoms with Crippen molar-refractivity contribution in [1.82, 2.24) is 9.97 Å². The molecule has 2 N–H and O–H groups in total. The molecule has 2 rings (SSSR count). The largest absolute Gasteiger partial charge is 0.329 e. The van der Waals surface area contributed by atoms with Gasteiger partial charge in [0.1, 0.15) is 0 Å². The van der Waals surface area contributed by atoms with Gasteiger partial charge < -0.3 is 5.73 Å². The molecule has 0 aromatic carbocycles. The van der Waals surface area contributed by atoms with E-state index in [4.69, 9.17) is 5.73 Å². The summed E-state index contributed by atoms with van der Waals surface area (Å²) in [7, 11) is 0. The van der Waals surface area contributed by atoms with Crippen molar-refractivity contribution < 1.29 is 0 Å². The Morgan fingerprint density at radius 1 is 1.47 bits per heavy atom. The van der Waals surface area contributed by atoms with Gasteiger partial charge in [0.15, 0.2) is 5.16 Å². The van der Waals surface area contributed by atoms with Crippen LogP contribution >= 0.6 is 39.0 Å². The molecule has 3 nitrogen and oxygen atoms in total. The van der Waals surface area contributed by atoms with Crippen LogP contribution in [0.2, 0.25) is 0 Å². The Hall–Kier alpha value is -0.430. The first-order valence-corrected chi connectivity index (χ1v) is 7.59. The van der Waals surface area contributed by atoms with E-state index in [2.05, 4.69) is 32.0 Å². The third kappa shape index (κ3) is 3.51. The highest BCUT2D eigenvalue weighted by Crippen LogP contribution is 2.37. The zero-order valence-corrected chi connectivity index (χ0v) is 12.5. The van der Waals surface area contributed by atoms with E-state index < -0.39 is 0 Å². The smallest absolute Gasteiger partial charge is 0.188 e. The van der Waals surface area contributed by atoms with Crippen LogP contribution in [0, 0.1) is 6.92 Å². The van der Waals surface area contributed by atoms with Gasteiger partial charge in [0, 0.05) is 23.3 Å². The number of aryl methyl sites for hydroxylation is 1. The zero-order valence-electron chi connectivity index (χ0n) is 9.26. The molecule has 0 saturated heterocycles. The van der Waals surface area contributed by atoms with Crippen molar-refractivity contribution in [3.8, 4) is 0 Å². The Labute approximate surface area is 117 Å². The van der Waals surface area contributed by atoms with Gasteiger partial charge in [0.05, 0.1) is 9.04 Å². The quantitative estimate of drug-likeness (QED) is 0.689. The van der Waals surface area contributed by atoms with E-state index in [9.17, 15) is 0 Å². The number of nitrogens with zero attached hydrogens (tertiary/aromatic N) is 2. The number of hydrogen-bond donors (Lipinski definition) is 1. The normalized spacial score (nSPS) is 12.6. The highest BCUT2D eigenvalue weighted by atomic mass is 79.9. The molecular formula is C11H12BrN3S2. The van der Waals surface area contributed by atoms with E-state index in [0.717, 1.165) is 14.6 Å². The molecule has 0 amide bonds. The number of aromatic nitrogens is 2. The molecule has 17 heavy (non-hydrogen) atoms. The third-order valence-electron chi connectivity index (χ3n) is 2.15. The Morgan fingerprint density at radius 3 is 2.88 bits per heavy atom. The van der Waals surface area contributed by atoms with Crippen LogP contribution in [-0.4, -0.2) is 16.5 Å². The minimum absolute atomic E-state index is 0.216. The standard InChI is InChI=1S/C11H12BrN3S2/c1-7-4-5-14-11(15-7)17-9(6-13)8-2-3-10(12)16-8/h2-5,9H,6,13H2,1H3. The summed E-state index contributed by atoms with van der Waals surface area (Å²) in [6, 6.07) is 6.03. The number of halogens is 1. The summed E-state index contributed by atoms with van der Waals surface area (Å²) in [5.41, 5.74) is 6.79. The predicted molar refractivity (Wildman–Crippen MR) is 76.4 cm³/mol. The maximum atomic E-state index is 5.81. The first-order valence-electron chi connectivity index (χ1n) is 5.10. The van der Waals surface area contributed by atoms with Crippen molar-refractivity contribution in [3.05, 3.63) is 38.8 Å². The van der Waals surface area contributed by atoms with Crippen LogP contribution in [0.3, 0.4) is 0 Å². The van der Waals surface area contributed by atoms with E-state index in [0.29, 0.717) is 6.54 Å². The number of rotatable bonds is 4. The van der Waals surface area contributed by atoms with Crippen LogP contribution in [0.1, 0.15) is 15.8 Å². The fourth-order valence-corrected chi connectivity index (χ4v) is 3.90. The van der Waals surface area contributed by atoms with Gasteiger partial charge in [0.2, 0.25) is 0 Å². The molecule has 6 heteroatoms. The van der Waals surface area contributed by atoms with Crippen LogP contribution in [0.4, 0.5) is 0 Å². The maximum Gasteiger partial charge on any atom is 0.188 e. The molecule has 2 heterocycles. The van der Waals surface area contributed by atoms with Crippen LogP contribution in [0.25, 0.3) is 0 Å². The fraction of sp³-hybridized carbons (Fsp3) is 0.273. The summed E-state index contributed by atoms with van der Waals surface area (Å²) in [4.78, 5) is 9.88. The molecule has 1 unspecified atom stereocenters. The zero-order chi connectivity index (χ0) is 12.3. The summed E-state index contributed by atoms with van der Waals surface area (Å²) in [5, 5.41) is 0.998. The topological polar surface area (TPSA) is 51.8 Å². The van der Waals surface area contributed by atoms with Crippen molar-refractivity contribution in [3.63, 3.8) is 0 Å². The van der Waals surface area contributed by atoms with Gasteiger partial charge >= 0.3 is 0 Å². The average molecular weight is 330 g/mol. The van der Waals surface area contributed by atoms with E-state index in [1.54, 1.807) is 29.3 Å². The lowest BCUT2D eigenvalue weighted by Gasteiger charge is -2.11. The lowest BCUT2D eigenvalue weighted by Crippen LogP contribution is -2.08. The summed E-state index contributed by atoms with van der Waals surface area (Å²) >= 11 is 6.78. The van der Waals surface area contributed by atoms with Gasteiger partial charge in [0.25, 0.3) is 0 Å². The lowest BCUT2D eigenvalue weighted by atomic mass is 10.3. The molecule has 90 valence electrons. The second-order valence-corrected chi connectivity index (χ2v) is 7.13. The molecule has 2 aromatic heterocycles. The van der Waals surface area contributed by atoms with Gasteiger partial charge in [-0.3, -0.25) is 0 Å². The number of thiophene rings is 1. The molecule has 0 aliphatic rings. The minimum atomic E-state index is 0.216. The third-order valence-corrected chi connectivity index (χ3v) is 5.17. The highest BCUT2D eigenvalue weighted by molar-refractivity contribution is 9.11. The Balaban J connectivity index is 2.15. The van der Waals surface area contributed by atoms with E-state index in [1.165, 1.54) is 4.88 Å². The van der Waals surface area contributed by atoms with E-state index >= 15 is 0 Å². The number of thioether (sulfide) groups is 1. The Morgan fingerprint density at radius 2 is 2.29 bits per heavy atom. The van der Waals surface area contributed by atoms with Crippen LogP contribution in [-0.2, 0) is 0 Å². The number of hydrogen-bond acceptors (Lipinski definition) is 5. The molecule has 0 spiro atoms. The van der Waals surface area contributed by atoms with Gasteiger partial charge in [-0.15, -0.1) is 11.3 Å². The fourth-order valence-electron chi connectivity index (χ4n) is 1.33. The SMILES string of the molecule is Cc1ccnc(SC(CN)c2ccc(Br)s2)n1. The van der Waals surface area contributed by atoms with Crippen molar-refractivity contribution >= 4 is 39.0 Å². The Bertz CT molecular complexity index is 501. The Kier molecular flexibility index (Phi) is 4.55. The van der Waals surface area contributed by atoms with Gasteiger partial charge in [-0.05, 0) is 41.1 Å². The van der Waals surface area contributed by atoms with Gasteiger partial charge in [-0.1, -0.05) is 11.8 Å². The predicted octanol–water partition coefficient (Wildman–Crippen LogP) is 3.40. The summed E-state index contributed by atoms with van der Waals surface area (Å²) in [6.45, 7) is 2.54. The van der Waals surface area contributed by atoms with E-state index in [1.807, 2.05) is 19.1 Å². The first-order chi connectivity index (χ1) is 8.19. The highest BCUT2D eigenvalue weighted by Gasteiger charge is 2.15. The summed E-state index contributed by atoms with van der Waals surface area (Å²) in [5.74, 6) is 0. The molecular weight excluding hydrogens is 318 g/mol. The first kappa shape index (κ1) is 13.0. The second-order valence-electron chi connectivity index (χ2n) is 3.46. The molecule has 0 aliphatic heterocycles. The van der Waals surface area contributed by atoms with Crippen molar-refractivity contribution in [2.75, 3.05) is 6.54 Å². The molecule has 0 fully saturated rings. The van der Waals surface area contributed by atoms with Crippen LogP contribution in [0.5, 0.6) is 0 Å². The van der Waals surface area contributed by atoms with Crippen LogP contribution in [0.15, 0.2) is 33.3 Å². The summed E-state index contributed by atoms with van der Waals surface area (Å²) < 4.78 is 1.12. The average Bonchev–Trinajstić information content (AvgIpc) is 2.73. The molecule has 0 radical (unpaired) electrons. The van der Waals surface area contributed by atoms with E-state index in [-0.39, 0.29) is 5.25 Å². The molecule has 0 bridgehead atoms. The molecule has 1 atom stereocenters. The van der Waals surface area contributed by atoms with Crippen molar-refractivity contribution in [2.24, 2.45) is 5.73 Å². The van der Waals surface area contributed by atoms with Crippen LogP contribution < -0.4 is 5.73 Å². The minimum Gasteiger partial charge on any atom is -0.329 e. The molecule has 0 saturated carbocycles.